The van der Waals surface area contributed by atoms with Gasteiger partial charge in [-0.2, -0.15) is 10.2 Å². The molecule has 0 spiro atoms. The Kier molecular flexibility index (Phi) is 38.1. The van der Waals surface area contributed by atoms with Gasteiger partial charge >= 0.3 is 12.1 Å². The van der Waals surface area contributed by atoms with Gasteiger partial charge in [0.1, 0.15) is 5.82 Å². The lowest BCUT2D eigenvalue weighted by atomic mass is 10.0. The number of nitrogens with one attached hydrogen (secondary N) is 2. The fraction of sp³-hybridized carbons (Fsp3) is 0.657. The molecule has 7 aliphatic rings. The van der Waals surface area contributed by atoms with Crippen molar-refractivity contribution in [2.45, 2.75) is 78.9 Å². The van der Waals surface area contributed by atoms with Gasteiger partial charge in [-0.1, -0.05) is 36.4 Å². The zero-order chi connectivity index (χ0) is 73.2. The number of amides is 5. The van der Waals surface area contributed by atoms with Crippen molar-refractivity contribution < 1.29 is 37.2 Å². The highest BCUT2D eigenvalue weighted by Gasteiger charge is 2.31. The van der Waals surface area contributed by atoms with Gasteiger partial charge in [0, 0.05) is 211 Å². The molecule has 7 fully saturated rings. The minimum absolute atomic E-state index is 0.0275. The lowest BCUT2D eigenvalue weighted by Crippen LogP contribution is -2.47. The Morgan fingerprint density at radius 3 is 1.34 bits per heavy atom. The fourth-order valence-electron chi connectivity index (χ4n) is 11.4. The second kappa shape index (κ2) is 43.7. The van der Waals surface area contributed by atoms with Crippen LogP contribution in [0.3, 0.4) is 0 Å². The monoisotopic (exact) mass is 1470 g/mol. The summed E-state index contributed by atoms with van der Waals surface area (Å²) in [5.74, 6) is 0.923. The van der Waals surface area contributed by atoms with Gasteiger partial charge in [0.05, 0.1) is 54.1 Å². The molecule has 12 rings (SSSR count). The summed E-state index contributed by atoms with van der Waals surface area (Å²) >= 11 is 0. The van der Waals surface area contributed by atoms with E-state index < -0.39 is 35.7 Å². The highest BCUT2D eigenvalue weighted by Crippen LogP contribution is 2.46. The number of hydrogen-bond donors (Lipinski definition) is 2. The molecule has 556 valence electrons. The van der Waals surface area contributed by atoms with Crippen LogP contribution in [0.5, 0.6) is 0 Å². The molecule has 0 saturated carbocycles. The van der Waals surface area contributed by atoms with E-state index in [0.29, 0.717) is 82.3 Å². The summed E-state index contributed by atoms with van der Waals surface area (Å²) in [5.41, 5.74) is 4.89. The number of carbonyl (C=O) groups is 3. The van der Waals surface area contributed by atoms with Gasteiger partial charge in [0.25, 0.3) is 0 Å². The van der Waals surface area contributed by atoms with E-state index in [1.807, 2.05) is 104 Å². The molecule has 0 unspecified atom stereocenters. The highest BCUT2D eigenvalue weighted by atomic mass is 31.2. The number of likely N-dealkylation sites (tertiary alicyclic amines) is 1. The molecule has 0 atom stereocenters. The van der Waals surface area contributed by atoms with Crippen LogP contribution in [0.2, 0.25) is 0 Å². The average molecular weight is 1470 g/mol. The number of hydrogen-bond acceptors (Lipinski definition) is 17. The van der Waals surface area contributed by atoms with E-state index in [-0.39, 0.29) is 18.0 Å². The van der Waals surface area contributed by atoms with Gasteiger partial charge in [-0.25, -0.2) is 19.6 Å². The predicted octanol–water partition coefficient (Wildman–Crippen LogP) is 10.4. The van der Waals surface area contributed by atoms with Crippen molar-refractivity contribution in [1.82, 2.24) is 79.4 Å². The zero-order valence-electron chi connectivity index (χ0n) is 62.7. The Morgan fingerprint density at radius 1 is 0.525 bits per heavy atom. The molecule has 1 aromatic carbocycles. The summed E-state index contributed by atoms with van der Waals surface area (Å²) in [7, 11) is 0.0321. The fourth-order valence-corrected chi connectivity index (χ4v) is 19.3. The quantitative estimate of drug-likeness (QED) is 0.159. The van der Waals surface area contributed by atoms with Crippen LogP contribution in [0.15, 0.2) is 98.0 Å². The van der Waals surface area contributed by atoms with Gasteiger partial charge < -0.3 is 58.0 Å². The second-order valence-electron chi connectivity index (χ2n) is 28.2. The zero-order valence-corrected chi connectivity index (χ0v) is 67.1. The first kappa shape index (κ1) is 86.3. The molecule has 99 heavy (non-hydrogen) atoms. The van der Waals surface area contributed by atoms with Gasteiger partial charge in [-0.3, -0.25) is 28.9 Å². The number of nitrogens with zero attached hydrogens (tertiary/aromatic N) is 14. The number of benzene rings is 1. The van der Waals surface area contributed by atoms with Crippen molar-refractivity contribution in [3.05, 3.63) is 126 Å². The number of aryl methyl sites for hydroxylation is 5. The maximum atomic E-state index is 11.9. The van der Waals surface area contributed by atoms with Gasteiger partial charge in [-0.15, -0.1) is 0 Å². The minimum atomic E-state index is -1.91. The molecule has 4 aromatic heterocycles. The van der Waals surface area contributed by atoms with E-state index in [0.717, 1.165) is 88.0 Å². The number of aromatic nitrogens is 7. The molecule has 24 nitrogen and oxygen atoms in total. The van der Waals surface area contributed by atoms with E-state index in [2.05, 4.69) is 99.6 Å². The minimum Gasteiger partial charge on any atom is -0.342 e. The topological polar surface area (TPSA) is 258 Å². The average Bonchev–Trinajstić information content (AvgIpc) is 1.50. The van der Waals surface area contributed by atoms with Crippen LogP contribution >= 0.6 is 35.7 Å². The third kappa shape index (κ3) is 36.5. The van der Waals surface area contributed by atoms with Crippen LogP contribution < -0.4 is 10.6 Å². The Labute approximate surface area is 594 Å². The normalized spacial score (nSPS) is 20.2. The summed E-state index contributed by atoms with van der Waals surface area (Å²) in [4.78, 5) is 59.3. The maximum absolute atomic E-state index is 11.9. The SMILES string of the molecule is CC(=O)N1CCP(C)(=O)CC1.CN(C)C(=O)N1CCP(C)(=O)CC1.CN1CCC(N2CCP(C)(=O)CC2)CC1.CNC(=O)N1CCP(C)(=O)CC1.CP1(=O)CCN(Cc2ccccc2)CC1.Cc1ccccn1.Cc1cnn(C)c1.Cc1cnn(C2CCNCC2)c1.Cc1ncccn1. The van der Waals surface area contributed by atoms with Crippen molar-refractivity contribution in [1.29, 1.82) is 0 Å². The van der Waals surface area contributed by atoms with Crippen LogP contribution in [-0.4, -0.2) is 308 Å². The molecule has 0 bridgehead atoms. The first-order valence-electron chi connectivity index (χ1n) is 35.1. The lowest BCUT2D eigenvalue weighted by Gasteiger charge is -2.40. The number of piperidine rings is 2. The predicted molar refractivity (Wildman–Crippen MR) is 411 cm³/mol. The summed E-state index contributed by atoms with van der Waals surface area (Å²) in [6.07, 6.45) is 25.9. The standard InChI is InChI=1S/C12H18NOP.C11H23N2OP.C9H15N3.C8H17N2O2P.C7H15N2O2P.C7H14NO2P.C6H7N.C5H8N2.C5H6N2/c1-15(14)9-7-13(8-10-15)11-12-5-3-2-4-6-12;1-12-5-3-11(4-6-12)13-7-9-15(2,14)10-8-13;1-8-6-11-12(7-8)9-2-4-10-5-3-9;1-9(2)8(11)10-4-6-13(3,12)7-5-10;1-8-7(10)9-3-5-12(2,11)6-4-9;1-7(9)8-3-5-11(2,10)6-4-8;1-6-4-2-3-5-7-6;1-5-3-6-7(2)4-5;1-5-6-3-2-4-7-5/h2-6H,7-11H2,1H3;11H,3-10H2,1-2H3;6-7,9-10H,2-5H2,1H3;4-7H2,1-3H3;3-6H2,1-2H3,(H,8,10);3-6H2,1-2H3;2-5H,1H3;3-4H,1-2H3;2-4H,1H3. The number of pyridine rings is 1. The molecule has 0 radical (unpaired) electrons. The third-order valence-electron chi connectivity index (χ3n) is 18.4. The first-order chi connectivity index (χ1) is 46.6. The number of urea groups is 2. The van der Waals surface area contributed by atoms with Crippen molar-refractivity contribution in [3.8, 4) is 0 Å². The van der Waals surface area contributed by atoms with E-state index in [4.69, 9.17) is 0 Å². The van der Waals surface area contributed by atoms with Crippen LogP contribution in [-0.2, 0) is 41.2 Å². The lowest BCUT2D eigenvalue weighted by molar-refractivity contribution is -0.128. The van der Waals surface area contributed by atoms with Crippen molar-refractivity contribution in [2.75, 3.05) is 215 Å². The molecule has 5 amide bonds. The Balaban J connectivity index is 0.000000239. The summed E-state index contributed by atoms with van der Waals surface area (Å²) < 4.78 is 62.2. The van der Waals surface area contributed by atoms with Crippen molar-refractivity contribution >= 4 is 53.7 Å². The van der Waals surface area contributed by atoms with Crippen molar-refractivity contribution in [3.63, 3.8) is 0 Å². The molecule has 29 heteroatoms. The van der Waals surface area contributed by atoms with E-state index in [9.17, 15) is 37.2 Å². The number of rotatable bonds is 4. The van der Waals surface area contributed by atoms with Crippen LogP contribution in [0.4, 0.5) is 9.59 Å². The summed E-state index contributed by atoms with van der Waals surface area (Å²) in [6.45, 7) is 32.6. The van der Waals surface area contributed by atoms with E-state index >= 15 is 0 Å². The summed E-state index contributed by atoms with van der Waals surface area (Å²) in [6, 6.07) is 19.5. The molecule has 11 heterocycles. The van der Waals surface area contributed by atoms with Crippen LogP contribution in [0, 0.1) is 27.7 Å². The van der Waals surface area contributed by atoms with Gasteiger partial charge in [0.2, 0.25) is 5.91 Å². The van der Waals surface area contributed by atoms with Gasteiger partial charge in [0.15, 0.2) is 0 Å². The Bertz CT molecular complexity index is 3270. The van der Waals surface area contributed by atoms with Crippen LogP contribution in [0.1, 0.15) is 66.9 Å². The van der Waals surface area contributed by atoms with Crippen molar-refractivity contribution in [2.24, 2.45) is 7.05 Å². The van der Waals surface area contributed by atoms with Crippen LogP contribution in [0.25, 0.3) is 0 Å². The second-order valence-corrected chi connectivity index (χ2v) is 45.6. The smallest absolute Gasteiger partial charge is 0.319 e. The molecule has 7 aliphatic heterocycles. The molecular formula is C70H123N16O8P5. The molecule has 0 aliphatic carbocycles. The molecule has 2 N–H and O–H groups in total. The Hall–Kier alpha value is -5.13. The third-order valence-corrected chi connectivity index (χ3v) is 29.8. The molecular weight excluding hydrogens is 1350 g/mol. The first-order valence-corrected chi connectivity index (χ1v) is 47.7. The molecule has 5 aromatic rings. The highest BCUT2D eigenvalue weighted by molar-refractivity contribution is 7.64. The Morgan fingerprint density at radius 2 is 0.970 bits per heavy atom. The summed E-state index contributed by atoms with van der Waals surface area (Å²) in [5, 5.41) is 14.2. The largest absolute Gasteiger partial charge is 0.342 e. The maximum Gasteiger partial charge on any atom is 0.319 e. The van der Waals surface area contributed by atoms with Gasteiger partial charge in [-0.05, 0) is 155 Å². The number of carbonyl (C=O) groups excluding carboxylic acids is 3. The van der Waals surface area contributed by atoms with E-state index in [1.54, 1.807) is 77.0 Å². The van der Waals surface area contributed by atoms with E-state index in [1.165, 1.54) is 55.5 Å². The molecule has 7 saturated heterocycles.